The minimum absolute atomic E-state index is 0.0395. The number of rotatable bonds is 10. The van der Waals surface area contributed by atoms with Crippen molar-refractivity contribution in [3.63, 3.8) is 0 Å². The van der Waals surface area contributed by atoms with Crippen molar-refractivity contribution in [1.82, 2.24) is 0 Å². The average molecular weight is 496 g/mol. The Morgan fingerprint density at radius 3 is 2.55 bits per heavy atom. The molecule has 0 aliphatic heterocycles. The number of benzene rings is 3. The van der Waals surface area contributed by atoms with E-state index in [1.54, 1.807) is 18.2 Å². The van der Waals surface area contributed by atoms with E-state index < -0.39 is 9.84 Å². The first-order valence-corrected chi connectivity index (χ1v) is 11.7. The van der Waals surface area contributed by atoms with Gasteiger partial charge in [-0.1, -0.05) is 5.04 Å². The number of hydrogen-bond acceptors (Lipinski definition) is 12. The Bertz CT molecular complexity index is 1280. The van der Waals surface area contributed by atoms with E-state index in [0.29, 0.717) is 33.5 Å². The second kappa shape index (κ2) is 10.8. The predicted octanol–water partition coefficient (Wildman–Crippen LogP) is 4.40. The van der Waals surface area contributed by atoms with Crippen LogP contribution in [0.5, 0.6) is 11.5 Å². The number of nitrogens with zero attached hydrogens (tertiary/aromatic N) is 2. The molecule has 33 heavy (non-hydrogen) atoms. The number of hydrogen-bond donors (Lipinski definition) is 3. The molecule has 0 spiro atoms. The number of phenolic OH excluding ortho intramolecular Hbond substituents is 1. The van der Waals surface area contributed by atoms with Gasteiger partial charge in [-0.05, 0) is 42.5 Å². The first kappa shape index (κ1) is 24.7. The Balaban J connectivity index is 2.09. The summed E-state index contributed by atoms with van der Waals surface area (Å²) in [4.78, 5) is 0.428. The molecule has 0 heterocycles. The third kappa shape index (κ3) is 5.71. The van der Waals surface area contributed by atoms with Crippen molar-refractivity contribution in [2.45, 2.75) is 9.79 Å². The molecule has 0 unspecified atom stereocenters. The molecular weight excluding hydrogens is 474 g/mol. The number of fused-ring (bicyclic) bond motifs is 1. The van der Waals surface area contributed by atoms with Gasteiger partial charge in [0.05, 0.1) is 42.1 Å². The molecule has 176 valence electrons. The van der Waals surface area contributed by atoms with Crippen LogP contribution < -0.4 is 10.5 Å². The lowest BCUT2D eigenvalue weighted by molar-refractivity contribution is -0.432. The lowest BCUT2D eigenvalue weighted by atomic mass is 10.1. The fourth-order valence-electron chi connectivity index (χ4n) is 2.96. The molecule has 3 aromatic rings. The van der Waals surface area contributed by atoms with Gasteiger partial charge in [0.1, 0.15) is 22.9 Å². The Morgan fingerprint density at radius 1 is 1.06 bits per heavy atom. The number of anilines is 1. The van der Waals surface area contributed by atoms with Crippen molar-refractivity contribution >= 4 is 49.7 Å². The second-order valence-electron chi connectivity index (χ2n) is 6.61. The molecule has 11 nitrogen and oxygen atoms in total. The summed E-state index contributed by atoms with van der Waals surface area (Å²) in [5, 5.41) is 31.6. The van der Waals surface area contributed by atoms with Crippen molar-refractivity contribution in [2.75, 3.05) is 32.3 Å². The zero-order valence-electron chi connectivity index (χ0n) is 17.6. The largest absolute Gasteiger partial charge is 0.507 e. The molecule has 0 saturated heterocycles. The Morgan fingerprint density at radius 2 is 1.85 bits per heavy atom. The molecule has 4 N–H and O–H groups in total. The third-order valence-electron chi connectivity index (χ3n) is 4.57. The second-order valence-corrected chi connectivity index (χ2v) is 9.50. The number of phenols is 1. The molecule has 0 amide bonds. The molecule has 3 rings (SSSR count). The van der Waals surface area contributed by atoms with Crippen LogP contribution in [0.3, 0.4) is 0 Å². The monoisotopic (exact) mass is 495 g/mol. The third-order valence-corrected chi connectivity index (χ3v) is 6.81. The molecule has 0 aliphatic rings. The van der Waals surface area contributed by atoms with Crippen molar-refractivity contribution in [3.05, 3.63) is 42.5 Å². The van der Waals surface area contributed by atoms with Gasteiger partial charge in [0.2, 0.25) is 0 Å². The molecule has 0 saturated carbocycles. The van der Waals surface area contributed by atoms with E-state index in [4.69, 9.17) is 20.5 Å². The van der Waals surface area contributed by atoms with Crippen molar-refractivity contribution in [3.8, 4) is 11.5 Å². The molecule has 0 radical (unpaired) electrons. The summed E-state index contributed by atoms with van der Waals surface area (Å²) in [6.07, 6.45) is 0. The van der Waals surface area contributed by atoms with E-state index in [0.717, 1.165) is 0 Å². The number of methoxy groups -OCH3 is 2. The average Bonchev–Trinajstić information content (AvgIpc) is 2.80. The van der Waals surface area contributed by atoms with Gasteiger partial charge in [0, 0.05) is 22.8 Å². The predicted molar refractivity (Wildman–Crippen MR) is 122 cm³/mol. The summed E-state index contributed by atoms with van der Waals surface area (Å²) in [5.74, 6) is 0.0230. The Hall–Kier alpha value is -2.94. The van der Waals surface area contributed by atoms with Gasteiger partial charge < -0.3 is 20.3 Å². The van der Waals surface area contributed by atoms with Crippen molar-refractivity contribution in [2.24, 2.45) is 10.2 Å². The maximum Gasteiger partial charge on any atom is 0.180 e. The molecule has 3 aromatic carbocycles. The van der Waals surface area contributed by atoms with E-state index in [-0.39, 0.29) is 40.1 Å². The zero-order valence-corrected chi connectivity index (χ0v) is 19.2. The highest BCUT2D eigenvalue weighted by Gasteiger charge is 2.17. The minimum Gasteiger partial charge on any atom is -0.507 e. The summed E-state index contributed by atoms with van der Waals surface area (Å²) in [5.41, 5.74) is 6.75. The smallest absolute Gasteiger partial charge is 0.180 e. The number of ether oxygens (including phenoxy) is 2. The fraction of sp³-hybridized carbons (Fsp3) is 0.200. The lowest BCUT2D eigenvalue weighted by Crippen LogP contribution is -2.11. The Labute approximate surface area is 193 Å². The fourth-order valence-corrected chi connectivity index (χ4v) is 4.58. The Kier molecular flexibility index (Phi) is 8.07. The molecule has 13 heteroatoms. The van der Waals surface area contributed by atoms with E-state index in [1.807, 2.05) is 0 Å². The molecule has 0 fully saturated rings. The van der Waals surface area contributed by atoms with Gasteiger partial charge in [0.15, 0.2) is 9.84 Å². The minimum atomic E-state index is -3.60. The molecule has 0 bridgehead atoms. The number of azo groups is 1. The quantitative estimate of drug-likeness (QED) is 0.121. The van der Waals surface area contributed by atoms with Crippen LogP contribution in [0.15, 0.2) is 62.5 Å². The van der Waals surface area contributed by atoms with E-state index in [2.05, 4.69) is 19.6 Å². The summed E-state index contributed by atoms with van der Waals surface area (Å²) in [6, 6.07) is 10.4. The molecular formula is C20H21N3O8S2. The number of aromatic hydroxyl groups is 1. The van der Waals surface area contributed by atoms with Gasteiger partial charge in [-0.2, -0.15) is 0 Å². The summed E-state index contributed by atoms with van der Waals surface area (Å²) >= 11 is 0.653. The summed E-state index contributed by atoms with van der Waals surface area (Å²) < 4.78 is 39.6. The van der Waals surface area contributed by atoms with Gasteiger partial charge in [-0.3, -0.25) is 0 Å². The van der Waals surface area contributed by atoms with E-state index in [9.17, 15) is 13.5 Å². The van der Waals surface area contributed by atoms with Crippen LogP contribution in [0.2, 0.25) is 0 Å². The highest BCUT2D eigenvalue weighted by Crippen LogP contribution is 2.41. The van der Waals surface area contributed by atoms with Gasteiger partial charge in [-0.25, -0.2) is 13.7 Å². The molecule has 0 aliphatic carbocycles. The van der Waals surface area contributed by atoms with E-state index in [1.165, 1.54) is 38.5 Å². The van der Waals surface area contributed by atoms with Crippen molar-refractivity contribution in [1.29, 1.82) is 0 Å². The summed E-state index contributed by atoms with van der Waals surface area (Å²) in [7, 11) is -0.764. The molecule has 0 aromatic heterocycles. The van der Waals surface area contributed by atoms with Crippen LogP contribution >= 0.6 is 12.0 Å². The first-order chi connectivity index (χ1) is 15.8. The van der Waals surface area contributed by atoms with Crippen molar-refractivity contribution < 1.29 is 37.6 Å². The van der Waals surface area contributed by atoms with Crippen LogP contribution in [0.1, 0.15) is 0 Å². The maximum atomic E-state index is 12.5. The standard InChI is InChI=1S/C20H21N3O8S2/c1-28-7-8-33(26,27)13-3-6-19(29-2)17(11-13)22-23-20-15-9-12(32-31-30-25)10-18(24)14(15)4-5-16(20)21/h3-6,9-11,24-25H,7-8,21H2,1-2H3. The summed E-state index contributed by atoms with van der Waals surface area (Å²) in [6.45, 7) is 0.0482. The normalized spacial score (nSPS) is 12.0. The first-order valence-electron chi connectivity index (χ1n) is 9.32. The van der Waals surface area contributed by atoms with Crippen LogP contribution in [0.4, 0.5) is 17.1 Å². The molecule has 0 atom stereocenters. The lowest BCUT2D eigenvalue weighted by Gasteiger charge is -2.10. The van der Waals surface area contributed by atoms with Crippen LogP contribution in [-0.4, -0.2) is 45.4 Å². The number of nitrogens with two attached hydrogens (primary N) is 1. The number of nitrogen functional groups attached to an aromatic ring is 1. The topological polar surface area (TPSA) is 162 Å². The highest BCUT2D eigenvalue weighted by atomic mass is 32.2. The number of sulfone groups is 1. The zero-order chi connectivity index (χ0) is 24.0. The van der Waals surface area contributed by atoms with Crippen LogP contribution in [0, 0.1) is 0 Å². The van der Waals surface area contributed by atoms with Gasteiger partial charge in [-0.15, -0.1) is 14.6 Å². The van der Waals surface area contributed by atoms with Crippen LogP contribution in [-0.2, 0) is 23.9 Å². The van der Waals surface area contributed by atoms with Crippen LogP contribution in [0.25, 0.3) is 10.8 Å². The van der Waals surface area contributed by atoms with E-state index >= 15 is 0 Å². The SMILES string of the molecule is COCCS(=O)(=O)c1ccc(OC)c(N=Nc2c(N)ccc3c(O)cc(SOOO)cc23)c1. The van der Waals surface area contributed by atoms with Gasteiger partial charge in [0.25, 0.3) is 0 Å². The van der Waals surface area contributed by atoms with Gasteiger partial charge >= 0.3 is 0 Å². The maximum absolute atomic E-state index is 12.5. The highest BCUT2D eigenvalue weighted by molar-refractivity contribution is 7.94.